The van der Waals surface area contributed by atoms with E-state index in [0.717, 1.165) is 10.9 Å². The summed E-state index contributed by atoms with van der Waals surface area (Å²) in [7, 11) is 0. The molecule has 2 amide bonds. The lowest BCUT2D eigenvalue weighted by Gasteiger charge is -2.46. The van der Waals surface area contributed by atoms with Crippen LogP contribution in [0.25, 0.3) is 0 Å². The molecule has 4 atom stereocenters. The first-order chi connectivity index (χ1) is 14.6. The highest BCUT2D eigenvalue weighted by molar-refractivity contribution is 9.10. The van der Waals surface area contributed by atoms with Gasteiger partial charge in [-0.3, -0.25) is 9.59 Å². The van der Waals surface area contributed by atoms with Crippen LogP contribution < -0.4 is 4.90 Å². The summed E-state index contributed by atoms with van der Waals surface area (Å²) in [4.78, 5) is 28.9. The van der Waals surface area contributed by atoms with Crippen molar-refractivity contribution in [1.82, 2.24) is 0 Å². The van der Waals surface area contributed by atoms with Crippen LogP contribution in [-0.4, -0.2) is 11.8 Å². The van der Waals surface area contributed by atoms with E-state index in [9.17, 15) is 9.59 Å². The zero-order valence-corrected chi connectivity index (χ0v) is 18.1. The molecule has 0 spiro atoms. The van der Waals surface area contributed by atoms with Gasteiger partial charge in [0.05, 0.1) is 17.5 Å². The number of halogens is 1. The molecule has 1 aliphatic heterocycles. The number of hydrogen-bond acceptors (Lipinski definition) is 2. The molecule has 30 heavy (non-hydrogen) atoms. The molecule has 0 saturated carbocycles. The van der Waals surface area contributed by atoms with Crippen LogP contribution in [0.1, 0.15) is 46.6 Å². The van der Waals surface area contributed by atoms with Gasteiger partial charge in [0.1, 0.15) is 0 Å². The predicted molar refractivity (Wildman–Crippen MR) is 120 cm³/mol. The minimum absolute atomic E-state index is 0.0679. The lowest BCUT2D eigenvalue weighted by molar-refractivity contribution is -0.122. The van der Waals surface area contributed by atoms with Gasteiger partial charge in [0.25, 0.3) is 0 Å². The number of carbonyl (C=O) groups excluding carboxylic acids is 2. The van der Waals surface area contributed by atoms with Gasteiger partial charge in [-0.1, -0.05) is 61.5 Å². The van der Waals surface area contributed by atoms with E-state index in [2.05, 4.69) is 53.2 Å². The zero-order valence-electron chi connectivity index (χ0n) is 16.5. The largest absolute Gasteiger partial charge is 0.274 e. The van der Waals surface area contributed by atoms with Gasteiger partial charge in [-0.25, -0.2) is 4.90 Å². The Morgan fingerprint density at radius 2 is 1.33 bits per heavy atom. The molecular formula is C26H20BrNO2. The number of carbonyl (C=O) groups is 2. The van der Waals surface area contributed by atoms with Crippen molar-refractivity contribution in [2.24, 2.45) is 11.8 Å². The first-order valence-electron chi connectivity index (χ1n) is 10.5. The van der Waals surface area contributed by atoms with E-state index >= 15 is 0 Å². The van der Waals surface area contributed by atoms with Crippen LogP contribution in [0, 0.1) is 11.8 Å². The van der Waals surface area contributed by atoms with E-state index in [1.54, 1.807) is 0 Å². The van der Waals surface area contributed by atoms with Crippen molar-refractivity contribution in [1.29, 1.82) is 0 Å². The molecule has 1 fully saturated rings. The highest BCUT2D eigenvalue weighted by atomic mass is 79.9. The highest BCUT2D eigenvalue weighted by Crippen LogP contribution is 2.61. The number of hydrogen-bond donors (Lipinski definition) is 0. The minimum Gasteiger partial charge on any atom is -0.274 e. The average Bonchev–Trinajstić information content (AvgIpc) is 3.04. The highest BCUT2D eigenvalue weighted by Gasteiger charge is 2.61. The summed E-state index contributed by atoms with van der Waals surface area (Å²) in [5.41, 5.74) is 6.77. The van der Waals surface area contributed by atoms with E-state index in [-0.39, 0.29) is 35.5 Å². The maximum absolute atomic E-state index is 13.8. The fourth-order valence-electron chi connectivity index (χ4n) is 5.87. The number of aryl methyl sites for hydroxylation is 1. The van der Waals surface area contributed by atoms with E-state index < -0.39 is 0 Å². The molecule has 0 unspecified atom stereocenters. The Balaban J connectivity index is 1.58. The van der Waals surface area contributed by atoms with Crippen LogP contribution in [0.3, 0.4) is 0 Å². The molecular weight excluding hydrogens is 438 g/mol. The Labute approximate surface area is 183 Å². The molecule has 1 saturated heterocycles. The molecule has 7 rings (SSSR count). The summed E-state index contributed by atoms with van der Waals surface area (Å²) in [5.74, 6) is -0.975. The summed E-state index contributed by atoms with van der Waals surface area (Å²) < 4.78 is 0.765. The Bertz CT molecular complexity index is 1230. The monoisotopic (exact) mass is 457 g/mol. The van der Waals surface area contributed by atoms with Gasteiger partial charge in [0, 0.05) is 16.3 Å². The minimum atomic E-state index is -0.343. The van der Waals surface area contributed by atoms with Crippen molar-refractivity contribution in [3.05, 3.63) is 99.0 Å². The summed E-state index contributed by atoms with van der Waals surface area (Å²) in [6.45, 7) is 2.15. The van der Waals surface area contributed by atoms with Crippen LogP contribution in [0.15, 0.2) is 71.2 Å². The van der Waals surface area contributed by atoms with Crippen molar-refractivity contribution in [2.45, 2.75) is 25.2 Å². The van der Waals surface area contributed by atoms with Crippen molar-refractivity contribution >= 4 is 33.4 Å². The number of nitrogens with zero attached hydrogens (tertiary/aromatic N) is 1. The van der Waals surface area contributed by atoms with Gasteiger partial charge in [-0.2, -0.15) is 0 Å². The smallest absolute Gasteiger partial charge is 0.238 e. The van der Waals surface area contributed by atoms with Crippen LogP contribution in [0.5, 0.6) is 0 Å². The standard InChI is InChI=1S/C26H20BrNO2/c1-2-14-11-12-17-18(13-14)22-16-8-4-3-7-15(16)21(17)23-24(22)26(30)28(25(23)29)20-10-6-5-9-19(20)27/h3-13,21-24H,2H2,1H3/t21-,22-,23-,24+/m0/s1. The maximum Gasteiger partial charge on any atom is 0.238 e. The van der Waals surface area contributed by atoms with Crippen LogP contribution in [0.4, 0.5) is 5.69 Å². The SMILES string of the molecule is CCc1ccc2c(c1)[C@@H]1c3ccccc3[C@@H]2[C@@H]2C(=O)N(c3ccccc3Br)C(=O)[C@H]12. The molecule has 3 aromatic rings. The Morgan fingerprint density at radius 3 is 1.97 bits per heavy atom. The predicted octanol–water partition coefficient (Wildman–Crippen LogP) is 5.41. The zero-order chi connectivity index (χ0) is 20.6. The third kappa shape index (κ3) is 2.20. The third-order valence-corrected chi connectivity index (χ3v) is 7.78. The summed E-state index contributed by atoms with van der Waals surface area (Å²) in [6.07, 6.45) is 0.955. The Hall–Kier alpha value is -2.72. The van der Waals surface area contributed by atoms with Crippen molar-refractivity contribution in [2.75, 3.05) is 4.90 Å². The number of rotatable bonds is 2. The van der Waals surface area contributed by atoms with Crippen LogP contribution in [0.2, 0.25) is 0 Å². The summed E-state index contributed by atoms with van der Waals surface area (Å²) >= 11 is 3.54. The lowest BCUT2D eigenvalue weighted by Crippen LogP contribution is -2.41. The molecule has 4 aliphatic rings. The van der Waals surface area contributed by atoms with E-state index in [1.807, 2.05) is 36.4 Å². The van der Waals surface area contributed by atoms with Gasteiger partial charge in [-0.15, -0.1) is 0 Å². The number of anilines is 1. The van der Waals surface area contributed by atoms with Crippen molar-refractivity contribution in [3.8, 4) is 0 Å². The Morgan fingerprint density at radius 1 is 0.767 bits per heavy atom. The second-order valence-electron chi connectivity index (χ2n) is 8.42. The van der Waals surface area contributed by atoms with Crippen LogP contribution >= 0.6 is 15.9 Å². The van der Waals surface area contributed by atoms with Gasteiger partial charge in [-0.05, 0) is 62.3 Å². The van der Waals surface area contributed by atoms with Gasteiger partial charge < -0.3 is 0 Å². The third-order valence-electron chi connectivity index (χ3n) is 7.11. The topological polar surface area (TPSA) is 37.4 Å². The van der Waals surface area contributed by atoms with Crippen LogP contribution in [-0.2, 0) is 16.0 Å². The van der Waals surface area contributed by atoms with Crippen molar-refractivity contribution in [3.63, 3.8) is 0 Å². The van der Waals surface area contributed by atoms with Gasteiger partial charge >= 0.3 is 0 Å². The molecule has 4 heteroatoms. The first kappa shape index (κ1) is 18.1. The van der Waals surface area contributed by atoms with E-state index in [0.29, 0.717) is 5.69 Å². The first-order valence-corrected chi connectivity index (χ1v) is 11.2. The molecule has 0 aromatic heterocycles. The summed E-state index contributed by atoms with van der Waals surface area (Å²) in [5, 5.41) is 0. The van der Waals surface area contributed by atoms with Crippen molar-refractivity contribution < 1.29 is 9.59 Å². The maximum atomic E-state index is 13.8. The summed E-state index contributed by atoms with van der Waals surface area (Å²) in [6, 6.07) is 22.5. The normalized spacial score (nSPS) is 25.9. The lowest BCUT2D eigenvalue weighted by atomic mass is 9.55. The fraction of sp³-hybridized carbons (Fsp3) is 0.231. The molecule has 0 N–H and O–H groups in total. The van der Waals surface area contributed by atoms with E-state index in [1.165, 1.54) is 32.7 Å². The van der Waals surface area contributed by atoms with Gasteiger partial charge in [0.2, 0.25) is 11.8 Å². The number of benzene rings is 3. The molecule has 0 radical (unpaired) electrons. The average molecular weight is 458 g/mol. The molecule has 148 valence electrons. The molecule has 3 aromatic carbocycles. The van der Waals surface area contributed by atoms with E-state index in [4.69, 9.17) is 0 Å². The number of amides is 2. The fourth-order valence-corrected chi connectivity index (χ4v) is 6.33. The second-order valence-corrected chi connectivity index (χ2v) is 9.27. The quantitative estimate of drug-likeness (QED) is 0.482. The molecule has 3 aliphatic carbocycles. The Kier molecular flexibility index (Phi) is 3.85. The molecule has 3 nitrogen and oxygen atoms in total. The number of para-hydroxylation sites is 1. The number of imide groups is 1. The molecule has 2 bridgehead atoms. The molecule has 1 heterocycles. The second kappa shape index (κ2) is 6.39. The van der Waals surface area contributed by atoms with Gasteiger partial charge in [0.15, 0.2) is 0 Å².